The van der Waals surface area contributed by atoms with Crippen molar-refractivity contribution < 1.29 is 14.8 Å². The Labute approximate surface area is 158 Å². The number of nitrogens with zero attached hydrogens (tertiary/aromatic N) is 5. The summed E-state index contributed by atoms with van der Waals surface area (Å²) in [5.74, 6) is -1.10. The lowest BCUT2D eigenvalue weighted by Crippen LogP contribution is -2.05. The number of carbonyl (C=O) groups is 1. The van der Waals surface area contributed by atoms with Crippen molar-refractivity contribution in [1.82, 2.24) is 19.7 Å². The number of aromatic nitrogens is 4. The van der Waals surface area contributed by atoms with Crippen LogP contribution in [0, 0.1) is 10.1 Å². The highest BCUT2D eigenvalue weighted by Gasteiger charge is 2.17. The molecule has 9 heteroatoms. The third kappa shape index (κ3) is 3.16. The summed E-state index contributed by atoms with van der Waals surface area (Å²) in [6.45, 7) is 0.405. The Morgan fingerprint density at radius 1 is 1.14 bits per heavy atom. The molecule has 138 valence electrons. The van der Waals surface area contributed by atoms with Gasteiger partial charge in [-0.1, -0.05) is 0 Å². The summed E-state index contributed by atoms with van der Waals surface area (Å²) < 4.78 is 1.62. The van der Waals surface area contributed by atoms with Gasteiger partial charge < -0.3 is 5.11 Å². The van der Waals surface area contributed by atoms with E-state index in [9.17, 15) is 20.0 Å². The second-order valence-electron chi connectivity index (χ2n) is 6.06. The first kappa shape index (κ1) is 17.3. The van der Waals surface area contributed by atoms with Crippen LogP contribution in [0.1, 0.15) is 15.9 Å². The molecule has 0 aliphatic rings. The molecule has 0 amide bonds. The van der Waals surface area contributed by atoms with Crippen LogP contribution in [0.5, 0.6) is 0 Å². The van der Waals surface area contributed by atoms with Crippen LogP contribution < -0.4 is 0 Å². The number of nitro groups is 1. The number of non-ortho nitro benzene ring substituents is 1. The fourth-order valence-corrected chi connectivity index (χ4v) is 2.90. The fraction of sp³-hybridized carbons (Fsp3) is 0.0526. The number of hydrogen-bond donors (Lipinski definition) is 1. The molecule has 0 saturated heterocycles. The van der Waals surface area contributed by atoms with Gasteiger partial charge in [0.2, 0.25) is 0 Å². The van der Waals surface area contributed by atoms with Gasteiger partial charge in [-0.3, -0.25) is 15.1 Å². The Balaban J connectivity index is 1.84. The molecule has 0 aliphatic heterocycles. The van der Waals surface area contributed by atoms with Crippen LogP contribution in [0.2, 0.25) is 0 Å². The molecule has 0 spiro atoms. The first-order valence-electron chi connectivity index (χ1n) is 8.26. The summed E-state index contributed by atoms with van der Waals surface area (Å²) in [6, 6.07) is 10.9. The quantitative estimate of drug-likeness (QED) is 0.420. The van der Waals surface area contributed by atoms with E-state index in [-0.39, 0.29) is 11.3 Å². The molecule has 28 heavy (non-hydrogen) atoms. The predicted molar refractivity (Wildman–Crippen MR) is 99.9 cm³/mol. The van der Waals surface area contributed by atoms with Crippen LogP contribution in [0.15, 0.2) is 61.1 Å². The molecule has 0 aliphatic carbocycles. The van der Waals surface area contributed by atoms with Gasteiger partial charge in [0, 0.05) is 30.1 Å². The van der Waals surface area contributed by atoms with Crippen LogP contribution in [-0.2, 0) is 6.54 Å². The van der Waals surface area contributed by atoms with Crippen LogP contribution in [0.4, 0.5) is 5.69 Å². The van der Waals surface area contributed by atoms with Crippen molar-refractivity contribution in [3.8, 4) is 11.3 Å². The Morgan fingerprint density at radius 2 is 1.86 bits per heavy atom. The van der Waals surface area contributed by atoms with Gasteiger partial charge in [0.05, 0.1) is 34.3 Å². The normalized spacial score (nSPS) is 10.9. The van der Waals surface area contributed by atoms with E-state index in [0.29, 0.717) is 28.8 Å². The van der Waals surface area contributed by atoms with Crippen molar-refractivity contribution in [2.45, 2.75) is 6.54 Å². The topological polar surface area (TPSA) is 124 Å². The molecule has 1 N–H and O–H groups in total. The van der Waals surface area contributed by atoms with Gasteiger partial charge in [-0.2, -0.15) is 5.10 Å². The Kier molecular flexibility index (Phi) is 4.24. The second kappa shape index (κ2) is 6.88. The number of benzene rings is 1. The van der Waals surface area contributed by atoms with E-state index in [0.717, 1.165) is 5.56 Å². The second-order valence-corrected chi connectivity index (χ2v) is 6.06. The summed E-state index contributed by atoms with van der Waals surface area (Å²) in [5.41, 5.74) is 2.36. The smallest absolute Gasteiger partial charge is 0.336 e. The zero-order chi connectivity index (χ0) is 19.7. The van der Waals surface area contributed by atoms with Crippen LogP contribution >= 0.6 is 0 Å². The van der Waals surface area contributed by atoms with E-state index in [1.54, 1.807) is 29.2 Å². The molecule has 0 fully saturated rings. The van der Waals surface area contributed by atoms with Gasteiger partial charge in [-0.25, -0.2) is 14.5 Å². The van der Waals surface area contributed by atoms with Gasteiger partial charge in [-0.05, 0) is 35.9 Å². The highest BCUT2D eigenvalue weighted by Crippen LogP contribution is 2.26. The predicted octanol–water partition coefficient (Wildman–Crippen LogP) is 3.15. The number of fused-ring (bicyclic) bond motifs is 1. The van der Waals surface area contributed by atoms with Gasteiger partial charge in [0.1, 0.15) is 0 Å². The van der Waals surface area contributed by atoms with Crippen LogP contribution in [-0.4, -0.2) is 35.7 Å². The number of carboxylic acid groups (broad SMARTS) is 1. The Morgan fingerprint density at radius 3 is 2.50 bits per heavy atom. The van der Waals surface area contributed by atoms with Gasteiger partial charge in [0.25, 0.3) is 5.69 Å². The van der Waals surface area contributed by atoms with Gasteiger partial charge in [-0.15, -0.1) is 0 Å². The molecule has 4 aromatic rings. The molecule has 0 bridgehead atoms. The van der Waals surface area contributed by atoms with E-state index >= 15 is 0 Å². The Hall–Kier alpha value is -4.14. The molecule has 1 aromatic carbocycles. The van der Waals surface area contributed by atoms with E-state index in [1.165, 1.54) is 24.4 Å². The van der Waals surface area contributed by atoms with Crippen molar-refractivity contribution in [3.63, 3.8) is 0 Å². The molecule has 0 saturated carbocycles. The van der Waals surface area contributed by atoms with Crippen molar-refractivity contribution in [1.29, 1.82) is 0 Å². The van der Waals surface area contributed by atoms with Crippen LogP contribution in [0.3, 0.4) is 0 Å². The van der Waals surface area contributed by atoms with Crippen molar-refractivity contribution >= 4 is 22.7 Å². The maximum absolute atomic E-state index is 11.7. The highest BCUT2D eigenvalue weighted by molar-refractivity contribution is 6.02. The van der Waals surface area contributed by atoms with Crippen LogP contribution in [0.25, 0.3) is 22.3 Å². The summed E-state index contributed by atoms with van der Waals surface area (Å²) >= 11 is 0. The summed E-state index contributed by atoms with van der Waals surface area (Å²) in [7, 11) is 0. The first-order chi connectivity index (χ1) is 13.5. The van der Waals surface area contributed by atoms with E-state index in [1.807, 2.05) is 12.1 Å². The summed E-state index contributed by atoms with van der Waals surface area (Å²) in [4.78, 5) is 30.6. The minimum Gasteiger partial charge on any atom is -0.478 e. The van der Waals surface area contributed by atoms with Gasteiger partial charge in [0.15, 0.2) is 5.65 Å². The average molecular weight is 375 g/mol. The molecule has 0 atom stereocenters. The highest BCUT2D eigenvalue weighted by atomic mass is 16.6. The first-order valence-corrected chi connectivity index (χ1v) is 8.26. The summed E-state index contributed by atoms with van der Waals surface area (Å²) in [5, 5.41) is 25.2. The number of nitro benzene ring substituents is 1. The van der Waals surface area contributed by atoms with Gasteiger partial charge >= 0.3 is 5.97 Å². The monoisotopic (exact) mass is 375 g/mol. The minimum absolute atomic E-state index is 0.0500. The molecule has 3 heterocycles. The van der Waals surface area contributed by atoms with E-state index in [4.69, 9.17) is 0 Å². The zero-order valence-corrected chi connectivity index (χ0v) is 14.4. The average Bonchev–Trinajstić information content (AvgIpc) is 3.10. The Bertz CT molecular complexity index is 1190. The molecular weight excluding hydrogens is 362 g/mol. The SMILES string of the molecule is O=C(O)c1cc(-c2ccc([N+](=O)[O-])cc2)nc2c1cnn2Cc1ccncc1. The molecule has 9 nitrogen and oxygen atoms in total. The lowest BCUT2D eigenvalue weighted by Gasteiger charge is -2.07. The van der Waals surface area contributed by atoms with Crippen molar-refractivity contribution in [3.05, 3.63) is 82.3 Å². The number of hydrogen-bond acceptors (Lipinski definition) is 6. The third-order valence-corrected chi connectivity index (χ3v) is 4.30. The fourth-order valence-electron chi connectivity index (χ4n) is 2.90. The molecule has 0 unspecified atom stereocenters. The lowest BCUT2D eigenvalue weighted by atomic mass is 10.1. The summed E-state index contributed by atoms with van der Waals surface area (Å²) in [6.07, 6.45) is 4.81. The van der Waals surface area contributed by atoms with Crippen molar-refractivity contribution in [2.24, 2.45) is 0 Å². The standard InChI is InChI=1S/C19H13N5O4/c25-19(26)15-9-17(13-1-3-14(4-2-13)24(27)28)22-18-16(15)10-21-23(18)11-12-5-7-20-8-6-12/h1-10H,11H2,(H,25,26). The largest absolute Gasteiger partial charge is 0.478 e. The maximum Gasteiger partial charge on any atom is 0.336 e. The molecule has 0 radical (unpaired) electrons. The maximum atomic E-state index is 11.7. The molecule has 4 rings (SSSR count). The number of rotatable bonds is 5. The zero-order valence-electron chi connectivity index (χ0n) is 14.4. The van der Waals surface area contributed by atoms with E-state index < -0.39 is 10.9 Å². The molecular formula is C19H13N5O4. The van der Waals surface area contributed by atoms with E-state index in [2.05, 4.69) is 15.1 Å². The lowest BCUT2D eigenvalue weighted by molar-refractivity contribution is -0.384. The number of pyridine rings is 2. The minimum atomic E-state index is -1.10. The third-order valence-electron chi connectivity index (χ3n) is 4.30. The number of carboxylic acids is 1. The molecule has 3 aromatic heterocycles. The van der Waals surface area contributed by atoms with Crippen molar-refractivity contribution in [2.75, 3.05) is 0 Å². The number of aromatic carboxylic acids is 1.